The highest BCUT2D eigenvalue weighted by atomic mass is 16.2. The number of carbonyl (C=O) groups is 1. The van der Waals surface area contributed by atoms with E-state index in [1.54, 1.807) is 11.9 Å². The Morgan fingerprint density at radius 2 is 2.08 bits per heavy atom. The van der Waals surface area contributed by atoms with Crippen molar-refractivity contribution in [2.24, 2.45) is 0 Å². The molecule has 0 atom stereocenters. The van der Waals surface area contributed by atoms with Crippen LogP contribution in [0.25, 0.3) is 0 Å². The van der Waals surface area contributed by atoms with Gasteiger partial charge in [0, 0.05) is 18.7 Å². The zero-order valence-electron chi connectivity index (χ0n) is 8.18. The first kappa shape index (κ1) is 11.2. The molecule has 0 aromatic heterocycles. The van der Waals surface area contributed by atoms with E-state index in [0.717, 1.165) is 13.0 Å². The third kappa shape index (κ3) is 3.53. The van der Waals surface area contributed by atoms with Crippen LogP contribution < -0.4 is 5.43 Å². The van der Waals surface area contributed by atoms with Crippen LogP contribution in [0.1, 0.15) is 27.2 Å². The molecule has 12 heavy (non-hydrogen) atoms. The Kier molecular flexibility index (Phi) is 5.37. The van der Waals surface area contributed by atoms with E-state index in [4.69, 9.17) is 0 Å². The Morgan fingerprint density at radius 1 is 1.50 bits per heavy atom. The summed E-state index contributed by atoms with van der Waals surface area (Å²) in [4.78, 5) is 11.3. The van der Waals surface area contributed by atoms with Gasteiger partial charge in [0.1, 0.15) is 0 Å². The maximum atomic E-state index is 11.3. The van der Waals surface area contributed by atoms with E-state index in [-0.39, 0.29) is 5.91 Å². The smallest absolute Gasteiger partial charge is 0.262 e. The van der Waals surface area contributed by atoms with Crippen molar-refractivity contribution in [1.29, 1.82) is 0 Å². The summed E-state index contributed by atoms with van der Waals surface area (Å²) in [5.74, 6) is -0.0223. The van der Waals surface area contributed by atoms with Gasteiger partial charge in [0.25, 0.3) is 5.91 Å². The Balaban J connectivity index is 3.96. The van der Waals surface area contributed by atoms with Crippen LogP contribution in [0.4, 0.5) is 0 Å². The van der Waals surface area contributed by atoms with Crippen LogP contribution in [0.5, 0.6) is 0 Å². The first-order chi connectivity index (χ1) is 5.63. The minimum atomic E-state index is -0.0223. The second kappa shape index (κ2) is 5.77. The molecule has 3 nitrogen and oxygen atoms in total. The summed E-state index contributed by atoms with van der Waals surface area (Å²) >= 11 is 0. The summed E-state index contributed by atoms with van der Waals surface area (Å²) in [6.07, 6.45) is 1.01. The molecule has 0 bridgehead atoms. The number of hydrazine groups is 1. The molecule has 0 saturated heterocycles. The van der Waals surface area contributed by atoms with Crippen LogP contribution in [0.15, 0.2) is 12.2 Å². The Bertz CT molecular complexity index is 166. The van der Waals surface area contributed by atoms with Gasteiger partial charge in [0.15, 0.2) is 0 Å². The molecule has 0 aliphatic carbocycles. The molecule has 1 amide bonds. The second-order valence-corrected chi connectivity index (χ2v) is 2.74. The fourth-order valence-corrected chi connectivity index (χ4v) is 0.804. The van der Waals surface area contributed by atoms with Gasteiger partial charge in [-0.05, 0) is 20.3 Å². The van der Waals surface area contributed by atoms with Crippen molar-refractivity contribution in [3.8, 4) is 0 Å². The molecule has 0 aromatic carbocycles. The second-order valence-electron chi connectivity index (χ2n) is 2.74. The molecule has 0 radical (unpaired) electrons. The van der Waals surface area contributed by atoms with Gasteiger partial charge in [-0.25, -0.2) is 5.43 Å². The summed E-state index contributed by atoms with van der Waals surface area (Å²) in [6.45, 7) is 10.8. The van der Waals surface area contributed by atoms with Crippen LogP contribution in [-0.4, -0.2) is 24.0 Å². The highest BCUT2D eigenvalue weighted by Gasteiger charge is 2.09. The molecule has 0 aliphatic rings. The number of likely N-dealkylation sites (N-methyl/N-ethyl adjacent to an activating group) is 1. The number of hydrogen-bond donors (Lipinski definition) is 1. The van der Waals surface area contributed by atoms with Crippen molar-refractivity contribution in [3.63, 3.8) is 0 Å². The average Bonchev–Trinajstić information content (AvgIpc) is 2.05. The zero-order valence-corrected chi connectivity index (χ0v) is 8.18. The van der Waals surface area contributed by atoms with Gasteiger partial charge in [-0.2, -0.15) is 0 Å². The molecule has 0 aromatic rings. The van der Waals surface area contributed by atoms with E-state index in [9.17, 15) is 4.79 Å². The lowest BCUT2D eigenvalue weighted by Gasteiger charge is -2.21. The lowest BCUT2D eigenvalue weighted by Crippen LogP contribution is -2.43. The molecule has 0 aliphatic heterocycles. The average molecular weight is 170 g/mol. The first-order valence-corrected chi connectivity index (χ1v) is 4.34. The summed E-state index contributed by atoms with van der Waals surface area (Å²) in [5, 5.41) is 1.59. The van der Waals surface area contributed by atoms with E-state index < -0.39 is 0 Å². The van der Waals surface area contributed by atoms with Gasteiger partial charge < -0.3 is 0 Å². The summed E-state index contributed by atoms with van der Waals surface area (Å²) in [7, 11) is 0. The SMILES string of the molecule is C=C(C)C(=O)N(CC)NCCC. The maximum Gasteiger partial charge on any atom is 0.262 e. The Hall–Kier alpha value is -0.830. The summed E-state index contributed by atoms with van der Waals surface area (Å²) in [5.41, 5.74) is 3.59. The van der Waals surface area contributed by atoms with Gasteiger partial charge in [0.05, 0.1) is 0 Å². The van der Waals surface area contributed by atoms with Crippen molar-refractivity contribution >= 4 is 5.91 Å². The van der Waals surface area contributed by atoms with E-state index in [0.29, 0.717) is 12.1 Å². The van der Waals surface area contributed by atoms with Crippen LogP contribution in [0, 0.1) is 0 Å². The summed E-state index contributed by atoms with van der Waals surface area (Å²) in [6, 6.07) is 0. The largest absolute Gasteiger partial charge is 0.275 e. The molecule has 0 spiro atoms. The molecule has 0 fully saturated rings. The van der Waals surface area contributed by atoms with E-state index in [1.807, 2.05) is 6.92 Å². The van der Waals surface area contributed by atoms with E-state index in [1.165, 1.54) is 0 Å². The van der Waals surface area contributed by atoms with Gasteiger partial charge in [0.2, 0.25) is 0 Å². The highest BCUT2D eigenvalue weighted by Crippen LogP contribution is 1.94. The third-order valence-corrected chi connectivity index (χ3v) is 1.48. The number of nitrogens with zero attached hydrogens (tertiary/aromatic N) is 1. The van der Waals surface area contributed by atoms with Crippen LogP contribution >= 0.6 is 0 Å². The van der Waals surface area contributed by atoms with Crippen LogP contribution in [0.2, 0.25) is 0 Å². The number of hydrogen-bond acceptors (Lipinski definition) is 2. The number of carbonyl (C=O) groups excluding carboxylic acids is 1. The monoisotopic (exact) mass is 170 g/mol. The first-order valence-electron chi connectivity index (χ1n) is 4.34. The van der Waals surface area contributed by atoms with Gasteiger partial charge in [-0.15, -0.1) is 0 Å². The van der Waals surface area contributed by atoms with Crippen LogP contribution in [0.3, 0.4) is 0 Å². The minimum Gasteiger partial charge on any atom is -0.275 e. The van der Waals surface area contributed by atoms with Gasteiger partial charge in [-0.1, -0.05) is 13.5 Å². The van der Waals surface area contributed by atoms with Crippen molar-refractivity contribution < 1.29 is 4.79 Å². The predicted molar refractivity (Wildman–Crippen MR) is 50.5 cm³/mol. The van der Waals surface area contributed by atoms with Gasteiger partial charge >= 0.3 is 0 Å². The molecule has 70 valence electrons. The minimum absolute atomic E-state index is 0.0223. The topological polar surface area (TPSA) is 32.3 Å². The molecular formula is C9H18N2O. The fraction of sp³-hybridized carbons (Fsp3) is 0.667. The fourth-order valence-electron chi connectivity index (χ4n) is 0.804. The number of amides is 1. The predicted octanol–water partition coefficient (Wildman–Crippen LogP) is 1.33. The van der Waals surface area contributed by atoms with Crippen molar-refractivity contribution in [1.82, 2.24) is 10.4 Å². The molecule has 0 saturated carbocycles. The van der Waals surface area contributed by atoms with Gasteiger partial charge in [-0.3, -0.25) is 9.80 Å². The normalized spacial score (nSPS) is 9.58. The van der Waals surface area contributed by atoms with Crippen molar-refractivity contribution in [2.45, 2.75) is 27.2 Å². The molecule has 0 rings (SSSR count). The highest BCUT2D eigenvalue weighted by molar-refractivity contribution is 5.91. The van der Waals surface area contributed by atoms with Crippen LogP contribution in [-0.2, 0) is 4.79 Å². The molecule has 1 N–H and O–H groups in total. The Morgan fingerprint density at radius 3 is 2.42 bits per heavy atom. The van der Waals surface area contributed by atoms with E-state index in [2.05, 4.69) is 18.9 Å². The maximum absolute atomic E-state index is 11.3. The molecule has 0 unspecified atom stereocenters. The zero-order chi connectivity index (χ0) is 9.56. The number of rotatable bonds is 5. The van der Waals surface area contributed by atoms with E-state index >= 15 is 0 Å². The lowest BCUT2D eigenvalue weighted by atomic mass is 10.3. The Labute approximate surface area is 74.4 Å². The molecule has 0 heterocycles. The molecular weight excluding hydrogens is 152 g/mol. The quantitative estimate of drug-likeness (QED) is 0.498. The summed E-state index contributed by atoms with van der Waals surface area (Å²) < 4.78 is 0. The standard InChI is InChI=1S/C9H18N2O/c1-5-7-10-11(6-2)9(12)8(3)4/h10H,3,5-7H2,1-2,4H3. The van der Waals surface area contributed by atoms with Crippen molar-refractivity contribution in [3.05, 3.63) is 12.2 Å². The number of nitrogens with one attached hydrogen (secondary N) is 1. The van der Waals surface area contributed by atoms with Crippen molar-refractivity contribution in [2.75, 3.05) is 13.1 Å². The lowest BCUT2D eigenvalue weighted by molar-refractivity contribution is -0.129. The third-order valence-electron chi connectivity index (χ3n) is 1.48. The molecule has 3 heteroatoms.